The molecule has 0 saturated carbocycles. The molecule has 1 heterocycles. The summed E-state index contributed by atoms with van der Waals surface area (Å²) in [6.07, 6.45) is 3.21. The Balaban J connectivity index is 1.57. The van der Waals surface area contributed by atoms with Crippen LogP contribution in [0, 0.1) is 0 Å². The van der Waals surface area contributed by atoms with Crippen molar-refractivity contribution >= 4 is 23.2 Å². The summed E-state index contributed by atoms with van der Waals surface area (Å²) in [7, 11) is 0. The molecule has 1 aliphatic rings. The summed E-state index contributed by atoms with van der Waals surface area (Å²) in [5, 5.41) is 1.06. The minimum atomic E-state index is -0.215. The van der Waals surface area contributed by atoms with E-state index in [1.54, 1.807) is 36.6 Å². The molecular formula is C19H18Cl2O4. The van der Waals surface area contributed by atoms with Gasteiger partial charge in [0.1, 0.15) is 30.1 Å². The summed E-state index contributed by atoms with van der Waals surface area (Å²) in [5.41, 5.74) is 0. The minimum absolute atomic E-state index is 0.215. The van der Waals surface area contributed by atoms with Gasteiger partial charge in [-0.15, -0.1) is 0 Å². The number of hydrogen-bond donors (Lipinski definition) is 0. The molecule has 1 aliphatic heterocycles. The molecule has 0 N–H and O–H groups in total. The molecular weight excluding hydrogens is 363 g/mol. The first-order valence-electron chi connectivity index (χ1n) is 8.01. The van der Waals surface area contributed by atoms with E-state index in [0.717, 1.165) is 12.8 Å². The van der Waals surface area contributed by atoms with Gasteiger partial charge < -0.3 is 18.9 Å². The summed E-state index contributed by atoms with van der Waals surface area (Å²) in [5.74, 6) is 2.43. The van der Waals surface area contributed by atoms with Crippen LogP contribution in [0.4, 0.5) is 0 Å². The summed E-state index contributed by atoms with van der Waals surface area (Å²) >= 11 is 12.2. The zero-order valence-electron chi connectivity index (χ0n) is 13.7. The highest BCUT2D eigenvalue weighted by Gasteiger charge is 2.19. The van der Waals surface area contributed by atoms with E-state index < -0.39 is 0 Å². The van der Waals surface area contributed by atoms with Gasteiger partial charge >= 0.3 is 0 Å². The Morgan fingerprint density at radius 2 is 1.92 bits per heavy atom. The van der Waals surface area contributed by atoms with Crippen LogP contribution in [0.15, 0.2) is 54.5 Å². The third-order valence-electron chi connectivity index (χ3n) is 3.46. The van der Waals surface area contributed by atoms with Crippen molar-refractivity contribution in [1.82, 2.24) is 0 Å². The Hall–Kier alpha value is -2.04. The molecule has 1 unspecified atom stereocenters. The molecule has 2 aromatic carbocycles. The molecule has 0 spiro atoms. The van der Waals surface area contributed by atoms with Gasteiger partial charge in [0.25, 0.3) is 0 Å². The van der Waals surface area contributed by atoms with Crippen molar-refractivity contribution in [2.75, 3.05) is 6.61 Å². The third kappa shape index (κ3) is 4.97. The number of ether oxygens (including phenoxy) is 4. The van der Waals surface area contributed by atoms with Crippen molar-refractivity contribution in [3.05, 3.63) is 64.5 Å². The maximum atomic E-state index is 6.27. The van der Waals surface area contributed by atoms with Crippen LogP contribution in [0.5, 0.6) is 17.2 Å². The standard InChI is InChI=1S/C19H18Cl2O4/c1-2-4-19-23-12-16(25-19)11-22-18-8-7-15(10-17(18)21)24-14-6-3-5-13(20)9-14/h3,5-10,12,19H,2,4,11H2,1H3. The second-order valence-electron chi connectivity index (χ2n) is 5.50. The Morgan fingerprint density at radius 1 is 1.08 bits per heavy atom. The first kappa shape index (κ1) is 17.8. The molecule has 132 valence electrons. The lowest BCUT2D eigenvalue weighted by Crippen LogP contribution is -2.10. The van der Waals surface area contributed by atoms with Crippen molar-refractivity contribution in [1.29, 1.82) is 0 Å². The van der Waals surface area contributed by atoms with Gasteiger partial charge in [-0.05, 0) is 36.8 Å². The second-order valence-corrected chi connectivity index (χ2v) is 6.34. The van der Waals surface area contributed by atoms with Crippen LogP contribution in [-0.2, 0) is 9.47 Å². The fraction of sp³-hybridized carbons (Fsp3) is 0.263. The van der Waals surface area contributed by atoms with E-state index in [2.05, 4.69) is 6.92 Å². The van der Waals surface area contributed by atoms with Crippen LogP contribution < -0.4 is 9.47 Å². The lowest BCUT2D eigenvalue weighted by atomic mass is 10.3. The lowest BCUT2D eigenvalue weighted by Gasteiger charge is -2.12. The molecule has 2 aromatic rings. The average Bonchev–Trinajstić information content (AvgIpc) is 3.02. The monoisotopic (exact) mass is 380 g/mol. The van der Waals surface area contributed by atoms with Gasteiger partial charge in [0, 0.05) is 17.5 Å². The highest BCUT2D eigenvalue weighted by atomic mass is 35.5. The molecule has 0 radical (unpaired) electrons. The van der Waals surface area contributed by atoms with Crippen LogP contribution in [0.25, 0.3) is 0 Å². The molecule has 0 saturated heterocycles. The third-order valence-corrected chi connectivity index (χ3v) is 3.99. The molecule has 6 heteroatoms. The molecule has 4 nitrogen and oxygen atoms in total. The fourth-order valence-corrected chi connectivity index (χ4v) is 2.69. The van der Waals surface area contributed by atoms with E-state index in [4.69, 9.17) is 42.1 Å². The summed E-state index contributed by atoms with van der Waals surface area (Å²) in [6.45, 7) is 2.34. The van der Waals surface area contributed by atoms with Gasteiger partial charge in [0.15, 0.2) is 5.76 Å². The molecule has 0 bridgehead atoms. The van der Waals surface area contributed by atoms with Gasteiger partial charge in [-0.1, -0.05) is 36.2 Å². The SMILES string of the molecule is CCCC1OC=C(COc2ccc(Oc3cccc(Cl)c3)cc2Cl)O1. The predicted octanol–water partition coefficient (Wildman–Crippen LogP) is 6.18. The highest BCUT2D eigenvalue weighted by Crippen LogP contribution is 2.32. The number of benzene rings is 2. The normalized spacial score (nSPS) is 16.0. The van der Waals surface area contributed by atoms with E-state index in [9.17, 15) is 0 Å². The van der Waals surface area contributed by atoms with E-state index in [1.165, 1.54) is 0 Å². The molecule has 0 aliphatic carbocycles. The van der Waals surface area contributed by atoms with Gasteiger partial charge in [-0.2, -0.15) is 0 Å². The highest BCUT2D eigenvalue weighted by molar-refractivity contribution is 6.32. The number of hydrogen-bond acceptors (Lipinski definition) is 4. The predicted molar refractivity (Wildman–Crippen MR) is 97.4 cm³/mol. The van der Waals surface area contributed by atoms with Crippen LogP contribution in [0.1, 0.15) is 19.8 Å². The van der Waals surface area contributed by atoms with Crippen LogP contribution in [0.3, 0.4) is 0 Å². The first-order chi connectivity index (χ1) is 12.1. The molecule has 1 atom stereocenters. The minimum Gasteiger partial charge on any atom is -0.484 e. The lowest BCUT2D eigenvalue weighted by molar-refractivity contribution is -0.0413. The zero-order chi connectivity index (χ0) is 17.6. The maximum Gasteiger partial charge on any atom is 0.240 e. The summed E-state index contributed by atoms with van der Waals surface area (Å²) in [6, 6.07) is 12.4. The van der Waals surface area contributed by atoms with Crippen LogP contribution in [-0.4, -0.2) is 12.9 Å². The topological polar surface area (TPSA) is 36.9 Å². The van der Waals surface area contributed by atoms with Crippen molar-refractivity contribution < 1.29 is 18.9 Å². The van der Waals surface area contributed by atoms with E-state index in [-0.39, 0.29) is 12.9 Å². The molecule has 25 heavy (non-hydrogen) atoms. The van der Waals surface area contributed by atoms with E-state index >= 15 is 0 Å². The average molecular weight is 381 g/mol. The first-order valence-corrected chi connectivity index (χ1v) is 8.76. The van der Waals surface area contributed by atoms with E-state index in [1.807, 2.05) is 12.1 Å². The fourth-order valence-electron chi connectivity index (χ4n) is 2.28. The molecule has 3 rings (SSSR count). The van der Waals surface area contributed by atoms with Crippen molar-refractivity contribution in [3.63, 3.8) is 0 Å². The molecule has 0 aromatic heterocycles. The Morgan fingerprint density at radius 3 is 2.68 bits per heavy atom. The van der Waals surface area contributed by atoms with Crippen LogP contribution in [0.2, 0.25) is 10.0 Å². The van der Waals surface area contributed by atoms with Gasteiger partial charge in [0.2, 0.25) is 6.29 Å². The Bertz CT molecular complexity index is 761. The smallest absolute Gasteiger partial charge is 0.240 e. The van der Waals surface area contributed by atoms with Gasteiger partial charge in [0.05, 0.1) is 5.02 Å². The van der Waals surface area contributed by atoms with Gasteiger partial charge in [-0.25, -0.2) is 0 Å². The maximum absolute atomic E-state index is 6.27. The summed E-state index contributed by atoms with van der Waals surface area (Å²) in [4.78, 5) is 0. The molecule has 0 fully saturated rings. The largest absolute Gasteiger partial charge is 0.484 e. The zero-order valence-corrected chi connectivity index (χ0v) is 15.2. The van der Waals surface area contributed by atoms with Crippen molar-refractivity contribution in [3.8, 4) is 17.2 Å². The molecule has 0 amide bonds. The number of rotatable bonds is 7. The summed E-state index contributed by atoms with van der Waals surface area (Å²) < 4.78 is 22.4. The van der Waals surface area contributed by atoms with Crippen LogP contribution >= 0.6 is 23.2 Å². The quantitative estimate of drug-likeness (QED) is 0.574. The van der Waals surface area contributed by atoms with Gasteiger partial charge in [-0.3, -0.25) is 0 Å². The van der Waals surface area contributed by atoms with Crippen molar-refractivity contribution in [2.24, 2.45) is 0 Å². The Kier molecular flexibility index (Phi) is 5.95. The second kappa shape index (κ2) is 8.37. The van der Waals surface area contributed by atoms with Crippen molar-refractivity contribution in [2.45, 2.75) is 26.1 Å². The Labute approximate surface area is 156 Å². The number of halogens is 2. The van der Waals surface area contributed by atoms with E-state index in [0.29, 0.717) is 33.1 Å².